The summed E-state index contributed by atoms with van der Waals surface area (Å²) in [6.45, 7) is 8.00. The van der Waals surface area contributed by atoms with Gasteiger partial charge in [-0.25, -0.2) is 28.8 Å². The number of hydrogen-bond acceptors (Lipinski definition) is 12. The molecule has 4 aliphatic rings. The number of ether oxygens (including phenoxy) is 1. The number of anilines is 1. The third-order valence-electron chi connectivity index (χ3n) is 10.1. The maximum atomic E-state index is 14.6. The molecular formula is C36H39ClF2N10O5. The Morgan fingerprint density at radius 1 is 1.11 bits per heavy atom. The van der Waals surface area contributed by atoms with Gasteiger partial charge in [0.15, 0.2) is 17.3 Å². The van der Waals surface area contributed by atoms with Gasteiger partial charge in [0, 0.05) is 68.1 Å². The first-order valence-electron chi connectivity index (χ1n) is 17.6. The first-order chi connectivity index (χ1) is 25.7. The van der Waals surface area contributed by atoms with Crippen molar-refractivity contribution in [3.63, 3.8) is 0 Å². The number of piperazine rings is 1. The van der Waals surface area contributed by atoms with Crippen LogP contribution >= 0.6 is 11.6 Å². The van der Waals surface area contributed by atoms with Crippen molar-refractivity contribution in [2.24, 2.45) is 4.99 Å². The van der Waals surface area contributed by atoms with Gasteiger partial charge >= 0.3 is 0 Å². The van der Waals surface area contributed by atoms with Gasteiger partial charge in [-0.2, -0.15) is 0 Å². The van der Waals surface area contributed by atoms with Gasteiger partial charge < -0.3 is 29.9 Å². The SMILES string of the molecule is CCC1=C(N2CCN(C(=O)c3ncnc(C)c3O)CC2)C(=O)N2NC(c3cnc4c(c3)COC4)=NC2(C)N1CC(=O)Nc1ccc(C(F)(F)CC)cc1Cl. The minimum absolute atomic E-state index is 0.0450. The zero-order chi connectivity index (χ0) is 38.5. The lowest BCUT2D eigenvalue weighted by Gasteiger charge is -2.50. The zero-order valence-corrected chi connectivity index (χ0v) is 30.9. The van der Waals surface area contributed by atoms with Crippen LogP contribution in [-0.2, 0) is 33.5 Å². The normalized spacial score (nSPS) is 19.8. The number of carbonyl (C=O) groups excluding carboxylic acids is 3. The molecule has 1 aromatic carbocycles. The van der Waals surface area contributed by atoms with Gasteiger partial charge in [0.2, 0.25) is 11.7 Å². The second-order valence-electron chi connectivity index (χ2n) is 13.5. The number of aromatic nitrogens is 3. The molecule has 0 aliphatic carbocycles. The van der Waals surface area contributed by atoms with Crippen molar-refractivity contribution in [3.8, 4) is 5.75 Å². The van der Waals surface area contributed by atoms with Crippen LogP contribution in [0.4, 0.5) is 14.5 Å². The number of nitrogens with zero attached hydrogens (tertiary/aromatic N) is 8. The first kappa shape index (κ1) is 36.9. The van der Waals surface area contributed by atoms with E-state index in [-0.39, 0.29) is 72.0 Å². The highest BCUT2D eigenvalue weighted by molar-refractivity contribution is 6.33. The number of amidine groups is 1. The molecule has 0 bridgehead atoms. The summed E-state index contributed by atoms with van der Waals surface area (Å²) in [7, 11) is 0. The van der Waals surface area contributed by atoms with Crippen molar-refractivity contribution in [2.45, 2.75) is 65.5 Å². The Morgan fingerprint density at radius 2 is 1.87 bits per heavy atom. The monoisotopic (exact) mass is 764 g/mol. The molecule has 1 saturated heterocycles. The van der Waals surface area contributed by atoms with E-state index in [4.69, 9.17) is 21.3 Å². The van der Waals surface area contributed by atoms with Crippen molar-refractivity contribution in [1.29, 1.82) is 0 Å². The number of allylic oxidation sites excluding steroid dienone is 1. The molecule has 1 unspecified atom stereocenters. The molecule has 18 heteroatoms. The number of aromatic hydroxyl groups is 1. The van der Waals surface area contributed by atoms with Crippen LogP contribution in [0.15, 0.2) is 53.2 Å². The van der Waals surface area contributed by atoms with Crippen LogP contribution in [0.2, 0.25) is 5.02 Å². The number of hydrogen-bond donors (Lipinski definition) is 3. The number of fused-ring (bicyclic) bond motifs is 2. The maximum absolute atomic E-state index is 14.6. The number of pyridine rings is 1. The highest BCUT2D eigenvalue weighted by Gasteiger charge is 2.54. The van der Waals surface area contributed by atoms with Gasteiger partial charge in [-0.15, -0.1) is 0 Å². The van der Waals surface area contributed by atoms with Crippen molar-refractivity contribution in [2.75, 3.05) is 38.0 Å². The van der Waals surface area contributed by atoms with E-state index >= 15 is 0 Å². The summed E-state index contributed by atoms with van der Waals surface area (Å²) in [5.41, 5.74) is 6.46. The highest BCUT2D eigenvalue weighted by Crippen LogP contribution is 2.40. The molecule has 15 nitrogen and oxygen atoms in total. The number of aryl methyl sites for hydroxylation is 1. The number of nitrogens with one attached hydrogen (secondary N) is 2. The maximum Gasteiger partial charge on any atom is 0.294 e. The molecule has 4 aliphatic heterocycles. The van der Waals surface area contributed by atoms with E-state index in [2.05, 4.69) is 25.7 Å². The van der Waals surface area contributed by atoms with Gasteiger partial charge in [-0.3, -0.25) is 24.8 Å². The summed E-state index contributed by atoms with van der Waals surface area (Å²) in [6, 6.07) is 5.62. The van der Waals surface area contributed by atoms with Gasteiger partial charge in [0.1, 0.15) is 18.6 Å². The number of aliphatic imine (C=N–C) groups is 1. The van der Waals surface area contributed by atoms with E-state index in [0.29, 0.717) is 42.4 Å². The molecule has 54 heavy (non-hydrogen) atoms. The lowest BCUT2D eigenvalue weighted by atomic mass is 10.1. The summed E-state index contributed by atoms with van der Waals surface area (Å²) >= 11 is 6.39. The summed E-state index contributed by atoms with van der Waals surface area (Å²) in [4.78, 5) is 64.4. The average Bonchev–Trinajstić information content (AvgIpc) is 3.79. The summed E-state index contributed by atoms with van der Waals surface area (Å²) in [5.74, 6) is -5.80. The number of rotatable bonds is 9. The minimum atomic E-state index is -3.08. The average molecular weight is 765 g/mol. The number of alkyl halides is 2. The number of hydrazine groups is 1. The van der Waals surface area contributed by atoms with Gasteiger partial charge in [-0.05, 0) is 31.5 Å². The molecule has 3 N–H and O–H groups in total. The number of benzene rings is 1. The molecule has 1 fully saturated rings. The van der Waals surface area contributed by atoms with E-state index < -0.39 is 29.9 Å². The number of amides is 3. The Labute approximate surface area is 314 Å². The standard InChI is InChI=1S/C36H39ClF2N10O5/c1-5-27-30(46-9-11-47(12-10-46)33(52)29-31(51)20(3)41-19-42-29)34(53)49-35(4,44-32(45-49)21-13-22-17-54-18-26(22)40-15-21)48(27)16-28(50)43-25-8-7-23(14-24(25)37)36(38,39)6-2/h7-8,13-15,19,51H,5-6,9-12,16-18H2,1-4H3,(H,43,50)(H,44,45). The number of carbonyl (C=O) groups is 3. The molecule has 7 rings (SSSR count). The lowest BCUT2D eigenvalue weighted by Crippen LogP contribution is -2.66. The van der Waals surface area contributed by atoms with Gasteiger partial charge in [0.05, 0.1) is 35.3 Å². The summed E-state index contributed by atoms with van der Waals surface area (Å²) in [6.07, 6.45) is 2.79. The van der Waals surface area contributed by atoms with E-state index in [1.807, 2.05) is 17.9 Å². The second kappa shape index (κ2) is 14.1. The van der Waals surface area contributed by atoms with E-state index in [0.717, 1.165) is 17.3 Å². The first-order valence-corrected chi connectivity index (χ1v) is 17.9. The van der Waals surface area contributed by atoms with Crippen LogP contribution in [0.5, 0.6) is 5.75 Å². The van der Waals surface area contributed by atoms with Crippen LogP contribution in [0.1, 0.15) is 72.2 Å². The Hall–Kier alpha value is -5.42. The molecule has 0 spiro atoms. The van der Waals surface area contributed by atoms with E-state index in [1.165, 1.54) is 30.4 Å². The van der Waals surface area contributed by atoms with Crippen LogP contribution in [-0.4, -0.2) is 102 Å². The molecule has 6 heterocycles. The predicted molar refractivity (Wildman–Crippen MR) is 192 cm³/mol. The predicted octanol–water partition coefficient (Wildman–Crippen LogP) is 3.87. The third kappa shape index (κ3) is 6.44. The minimum Gasteiger partial charge on any atom is -0.504 e. The molecule has 0 radical (unpaired) electrons. The third-order valence-corrected chi connectivity index (χ3v) is 10.5. The largest absolute Gasteiger partial charge is 0.504 e. The smallest absolute Gasteiger partial charge is 0.294 e. The van der Waals surface area contributed by atoms with Crippen LogP contribution in [0.25, 0.3) is 0 Å². The van der Waals surface area contributed by atoms with Crippen LogP contribution in [0, 0.1) is 6.92 Å². The van der Waals surface area contributed by atoms with Crippen molar-refractivity contribution >= 4 is 40.8 Å². The molecule has 2 aromatic heterocycles. The van der Waals surface area contributed by atoms with Crippen molar-refractivity contribution < 1.29 is 33.0 Å². The number of halogens is 3. The fourth-order valence-corrected chi connectivity index (χ4v) is 7.28. The van der Waals surface area contributed by atoms with Gasteiger partial charge in [-0.1, -0.05) is 31.5 Å². The Balaban J connectivity index is 1.20. The molecule has 0 saturated carbocycles. The Morgan fingerprint density at radius 3 is 2.57 bits per heavy atom. The second-order valence-corrected chi connectivity index (χ2v) is 13.9. The highest BCUT2D eigenvalue weighted by atomic mass is 35.5. The molecule has 284 valence electrons. The molecule has 3 aromatic rings. The summed E-state index contributed by atoms with van der Waals surface area (Å²) < 4.78 is 34.3. The Kier molecular flexibility index (Phi) is 9.64. The Bertz CT molecular complexity index is 2110. The zero-order valence-electron chi connectivity index (χ0n) is 30.1. The topological polar surface area (TPSA) is 169 Å². The quantitative estimate of drug-likeness (QED) is 0.289. The molecule has 3 amide bonds. The van der Waals surface area contributed by atoms with E-state index in [9.17, 15) is 28.3 Å². The fraction of sp³-hybridized carbons (Fsp3) is 0.417. The molecular weight excluding hydrogens is 726 g/mol. The summed E-state index contributed by atoms with van der Waals surface area (Å²) in [5, 5.41) is 14.5. The molecule has 1 atom stereocenters. The van der Waals surface area contributed by atoms with Gasteiger partial charge in [0.25, 0.3) is 17.7 Å². The van der Waals surface area contributed by atoms with Crippen LogP contribution < -0.4 is 10.7 Å². The van der Waals surface area contributed by atoms with E-state index in [1.54, 1.807) is 29.8 Å². The fourth-order valence-electron chi connectivity index (χ4n) is 7.05. The lowest BCUT2D eigenvalue weighted by molar-refractivity contribution is -0.150. The van der Waals surface area contributed by atoms with Crippen molar-refractivity contribution in [3.05, 3.63) is 87.0 Å². The van der Waals surface area contributed by atoms with Crippen molar-refractivity contribution in [1.82, 2.24) is 40.1 Å². The van der Waals surface area contributed by atoms with Crippen LogP contribution in [0.3, 0.4) is 0 Å².